The first kappa shape index (κ1) is 13.7. The molecular formula is C14H12BrCl2N. The smallest absolute Gasteiger partial charge is 0.0612 e. The third-order valence-electron chi connectivity index (χ3n) is 2.65. The molecule has 0 aromatic heterocycles. The Morgan fingerprint density at radius 2 is 1.83 bits per heavy atom. The van der Waals surface area contributed by atoms with Gasteiger partial charge in [0.25, 0.3) is 0 Å². The van der Waals surface area contributed by atoms with Crippen molar-refractivity contribution in [2.45, 2.75) is 6.54 Å². The van der Waals surface area contributed by atoms with Gasteiger partial charge in [0.15, 0.2) is 0 Å². The highest BCUT2D eigenvalue weighted by Gasteiger charge is 2.05. The van der Waals surface area contributed by atoms with Gasteiger partial charge < -0.3 is 4.90 Å². The Kier molecular flexibility index (Phi) is 4.55. The summed E-state index contributed by atoms with van der Waals surface area (Å²) in [6.45, 7) is 0.817. The molecule has 0 fully saturated rings. The highest BCUT2D eigenvalue weighted by Crippen LogP contribution is 2.27. The van der Waals surface area contributed by atoms with E-state index >= 15 is 0 Å². The molecule has 2 aromatic carbocycles. The van der Waals surface area contributed by atoms with Crippen LogP contribution in [0.5, 0.6) is 0 Å². The average molecular weight is 345 g/mol. The number of anilines is 1. The van der Waals surface area contributed by atoms with Crippen molar-refractivity contribution in [2.75, 3.05) is 11.9 Å². The Morgan fingerprint density at radius 3 is 2.50 bits per heavy atom. The van der Waals surface area contributed by atoms with E-state index in [0.717, 1.165) is 16.7 Å². The lowest BCUT2D eigenvalue weighted by molar-refractivity contribution is 0.922. The summed E-state index contributed by atoms with van der Waals surface area (Å²) in [5.74, 6) is 0. The molecule has 0 aliphatic rings. The van der Waals surface area contributed by atoms with Crippen molar-refractivity contribution in [3.63, 3.8) is 0 Å². The van der Waals surface area contributed by atoms with Crippen LogP contribution in [0.1, 0.15) is 5.56 Å². The molecule has 94 valence electrons. The van der Waals surface area contributed by atoms with Crippen LogP contribution < -0.4 is 4.90 Å². The Balaban J connectivity index is 2.16. The van der Waals surface area contributed by atoms with Gasteiger partial charge in [-0.3, -0.25) is 0 Å². The van der Waals surface area contributed by atoms with E-state index in [1.54, 1.807) is 0 Å². The highest BCUT2D eigenvalue weighted by atomic mass is 79.9. The van der Waals surface area contributed by atoms with Gasteiger partial charge in [-0.2, -0.15) is 0 Å². The molecular weight excluding hydrogens is 333 g/mol. The molecule has 2 rings (SSSR count). The zero-order chi connectivity index (χ0) is 13.1. The molecule has 0 aliphatic carbocycles. The van der Waals surface area contributed by atoms with Crippen LogP contribution in [0.4, 0.5) is 5.69 Å². The van der Waals surface area contributed by atoms with Crippen molar-refractivity contribution in [1.29, 1.82) is 0 Å². The highest BCUT2D eigenvalue weighted by molar-refractivity contribution is 9.10. The zero-order valence-corrected chi connectivity index (χ0v) is 12.9. The quantitative estimate of drug-likeness (QED) is 0.721. The molecule has 0 spiro atoms. The standard InChI is InChI=1S/C14H12BrCl2N/c1-18(9-10-3-2-4-11(15)7-10)12-5-6-13(16)14(17)8-12/h2-8H,9H2,1H3. The van der Waals surface area contributed by atoms with E-state index in [9.17, 15) is 0 Å². The normalized spacial score (nSPS) is 10.4. The summed E-state index contributed by atoms with van der Waals surface area (Å²) in [5.41, 5.74) is 2.28. The molecule has 0 atom stereocenters. The molecule has 0 amide bonds. The van der Waals surface area contributed by atoms with Crippen LogP contribution in [0.15, 0.2) is 46.9 Å². The minimum Gasteiger partial charge on any atom is -0.370 e. The van der Waals surface area contributed by atoms with E-state index in [4.69, 9.17) is 23.2 Å². The fourth-order valence-corrected chi connectivity index (χ4v) is 2.46. The van der Waals surface area contributed by atoms with E-state index in [2.05, 4.69) is 33.0 Å². The van der Waals surface area contributed by atoms with Crippen molar-refractivity contribution >= 4 is 44.8 Å². The van der Waals surface area contributed by atoms with Crippen molar-refractivity contribution < 1.29 is 0 Å². The van der Waals surface area contributed by atoms with Crippen LogP contribution >= 0.6 is 39.1 Å². The Bertz CT molecular complexity index is 557. The number of hydrogen-bond donors (Lipinski definition) is 0. The minimum atomic E-state index is 0.579. The third kappa shape index (κ3) is 3.41. The maximum Gasteiger partial charge on any atom is 0.0612 e. The molecule has 0 radical (unpaired) electrons. The Morgan fingerprint density at radius 1 is 1.06 bits per heavy atom. The van der Waals surface area contributed by atoms with Crippen LogP contribution in [-0.4, -0.2) is 7.05 Å². The number of nitrogens with zero attached hydrogens (tertiary/aromatic N) is 1. The number of rotatable bonds is 3. The Labute approximate surface area is 125 Å². The lowest BCUT2D eigenvalue weighted by Gasteiger charge is -2.20. The second-order valence-electron chi connectivity index (χ2n) is 4.08. The second kappa shape index (κ2) is 5.96. The van der Waals surface area contributed by atoms with Gasteiger partial charge in [-0.1, -0.05) is 51.3 Å². The van der Waals surface area contributed by atoms with Gasteiger partial charge in [0.05, 0.1) is 10.0 Å². The first-order valence-corrected chi connectivity index (χ1v) is 7.02. The van der Waals surface area contributed by atoms with E-state index in [1.807, 2.05) is 37.4 Å². The molecule has 0 aliphatic heterocycles. The molecule has 2 aromatic rings. The Hall–Kier alpha value is -0.700. The van der Waals surface area contributed by atoms with Crippen LogP contribution in [-0.2, 0) is 6.54 Å². The van der Waals surface area contributed by atoms with Crippen LogP contribution in [0.2, 0.25) is 10.0 Å². The predicted molar refractivity (Wildman–Crippen MR) is 82.7 cm³/mol. The first-order chi connectivity index (χ1) is 8.56. The van der Waals surface area contributed by atoms with Gasteiger partial charge in [0, 0.05) is 23.8 Å². The van der Waals surface area contributed by atoms with Crippen LogP contribution in [0, 0.1) is 0 Å². The predicted octanol–water partition coefficient (Wildman–Crippen LogP) is 5.39. The van der Waals surface area contributed by atoms with E-state index < -0.39 is 0 Å². The summed E-state index contributed by atoms with van der Waals surface area (Å²) in [6, 6.07) is 13.9. The summed E-state index contributed by atoms with van der Waals surface area (Å²) < 4.78 is 1.09. The summed E-state index contributed by atoms with van der Waals surface area (Å²) in [5, 5.41) is 1.16. The van der Waals surface area contributed by atoms with Crippen LogP contribution in [0.3, 0.4) is 0 Å². The lowest BCUT2D eigenvalue weighted by atomic mass is 10.2. The van der Waals surface area contributed by atoms with Gasteiger partial charge in [-0.15, -0.1) is 0 Å². The number of benzene rings is 2. The van der Waals surface area contributed by atoms with E-state index in [0.29, 0.717) is 10.0 Å². The van der Waals surface area contributed by atoms with E-state index in [-0.39, 0.29) is 0 Å². The van der Waals surface area contributed by atoms with Crippen molar-refractivity contribution in [2.24, 2.45) is 0 Å². The monoisotopic (exact) mass is 343 g/mol. The average Bonchev–Trinajstić information content (AvgIpc) is 2.32. The molecule has 0 unspecified atom stereocenters. The van der Waals surface area contributed by atoms with Crippen LogP contribution in [0.25, 0.3) is 0 Å². The first-order valence-electron chi connectivity index (χ1n) is 5.47. The van der Waals surface area contributed by atoms with Gasteiger partial charge in [0.1, 0.15) is 0 Å². The lowest BCUT2D eigenvalue weighted by Crippen LogP contribution is -2.16. The number of hydrogen-bond acceptors (Lipinski definition) is 1. The summed E-state index contributed by atoms with van der Waals surface area (Å²) in [4.78, 5) is 2.13. The second-order valence-corrected chi connectivity index (χ2v) is 5.81. The molecule has 0 N–H and O–H groups in total. The maximum atomic E-state index is 6.02. The molecule has 1 nitrogen and oxygen atoms in total. The van der Waals surface area contributed by atoms with Gasteiger partial charge in [-0.05, 0) is 35.9 Å². The van der Waals surface area contributed by atoms with Crippen molar-refractivity contribution in [1.82, 2.24) is 0 Å². The molecule has 0 bridgehead atoms. The third-order valence-corrected chi connectivity index (χ3v) is 3.89. The largest absolute Gasteiger partial charge is 0.370 e. The van der Waals surface area contributed by atoms with Gasteiger partial charge in [0.2, 0.25) is 0 Å². The maximum absolute atomic E-state index is 6.02. The van der Waals surface area contributed by atoms with Crippen molar-refractivity contribution in [3.05, 3.63) is 62.5 Å². The molecule has 4 heteroatoms. The summed E-state index contributed by atoms with van der Waals surface area (Å²) >= 11 is 15.4. The van der Waals surface area contributed by atoms with Gasteiger partial charge >= 0.3 is 0 Å². The summed E-state index contributed by atoms with van der Waals surface area (Å²) in [7, 11) is 2.03. The molecule has 0 saturated carbocycles. The van der Waals surface area contributed by atoms with E-state index in [1.165, 1.54) is 5.56 Å². The fraction of sp³-hybridized carbons (Fsp3) is 0.143. The molecule has 0 heterocycles. The number of halogens is 3. The molecule has 18 heavy (non-hydrogen) atoms. The SMILES string of the molecule is CN(Cc1cccc(Br)c1)c1ccc(Cl)c(Cl)c1. The summed E-state index contributed by atoms with van der Waals surface area (Å²) in [6.07, 6.45) is 0. The minimum absolute atomic E-state index is 0.579. The molecule has 0 saturated heterocycles. The van der Waals surface area contributed by atoms with Gasteiger partial charge in [-0.25, -0.2) is 0 Å². The topological polar surface area (TPSA) is 3.24 Å². The fourth-order valence-electron chi connectivity index (χ4n) is 1.72. The zero-order valence-electron chi connectivity index (χ0n) is 9.83. The van der Waals surface area contributed by atoms with Crippen molar-refractivity contribution in [3.8, 4) is 0 Å².